The molecule has 2 aliphatic rings. The van der Waals surface area contributed by atoms with Crippen molar-refractivity contribution in [2.45, 2.75) is 32.2 Å². The molecule has 0 saturated heterocycles. The van der Waals surface area contributed by atoms with Gasteiger partial charge < -0.3 is 10.6 Å². The largest absolute Gasteiger partial charge is 0.370 e. The standard InChI is InChI=1S/C16H20N4/c1-11-4-2-5-12(10-11)14-7-9-18-16-13-6-3-8-17-15(13)19-20(14)16/h2,4-5,10,14,18H,3,6-9H2,1H3,(H,17,19). The molecule has 1 aromatic carbocycles. The van der Waals surface area contributed by atoms with E-state index in [-0.39, 0.29) is 0 Å². The third-order valence-corrected chi connectivity index (χ3v) is 4.34. The Labute approximate surface area is 119 Å². The maximum Gasteiger partial charge on any atom is 0.153 e. The Balaban J connectivity index is 1.80. The van der Waals surface area contributed by atoms with E-state index in [1.54, 1.807) is 0 Å². The fourth-order valence-corrected chi connectivity index (χ4v) is 3.37. The van der Waals surface area contributed by atoms with Crippen LogP contribution in [0.3, 0.4) is 0 Å². The molecule has 0 fully saturated rings. The summed E-state index contributed by atoms with van der Waals surface area (Å²) < 4.78 is 2.20. The van der Waals surface area contributed by atoms with Gasteiger partial charge in [0.05, 0.1) is 6.04 Å². The highest BCUT2D eigenvalue weighted by Crippen LogP contribution is 2.36. The van der Waals surface area contributed by atoms with Gasteiger partial charge in [-0.15, -0.1) is 0 Å². The van der Waals surface area contributed by atoms with Crippen molar-refractivity contribution in [3.8, 4) is 0 Å². The van der Waals surface area contributed by atoms with Crippen LogP contribution in [0.15, 0.2) is 24.3 Å². The number of hydrogen-bond acceptors (Lipinski definition) is 3. The van der Waals surface area contributed by atoms with Crippen molar-refractivity contribution in [3.63, 3.8) is 0 Å². The summed E-state index contributed by atoms with van der Waals surface area (Å²) in [6.45, 7) is 4.22. The SMILES string of the molecule is Cc1cccc(C2CCNc3c4c(nn32)NCCC4)c1. The van der Waals surface area contributed by atoms with E-state index >= 15 is 0 Å². The molecule has 4 rings (SSSR count). The Kier molecular flexibility index (Phi) is 2.69. The number of fused-ring (bicyclic) bond motifs is 3. The smallest absolute Gasteiger partial charge is 0.153 e. The van der Waals surface area contributed by atoms with Crippen molar-refractivity contribution in [2.24, 2.45) is 0 Å². The fourth-order valence-electron chi connectivity index (χ4n) is 3.37. The molecule has 0 saturated carbocycles. The molecule has 3 heterocycles. The van der Waals surface area contributed by atoms with Crippen LogP contribution in [0.25, 0.3) is 0 Å². The zero-order valence-corrected chi connectivity index (χ0v) is 11.8. The zero-order valence-electron chi connectivity index (χ0n) is 11.8. The lowest BCUT2D eigenvalue weighted by molar-refractivity contribution is 0.482. The van der Waals surface area contributed by atoms with Crippen molar-refractivity contribution in [1.29, 1.82) is 0 Å². The fraction of sp³-hybridized carbons (Fsp3) is 0.438. The van der Waals surface area contributed by atoms with Crippen molar-refractivity contribution < 1.29 is 0 Å². The van der Waals surface area contributed by atoms with Gasteiger partial charge in [0.25, 0.3) is 0 Å². The van der Waals surface area contributed by atoms with E-state index in [1.165, 1.54) is 28.9 Å². The summed E-state index contributed by atoms with van der Waals surface area (Å²) >= 11 is 0. The highest BCUT2D eigenvalue weighted by molar-refractivity contribution is 5.62. The van der Waals surface area contributed by atoms with Gasteiger partial charge in [-0.3, -0.25) is 0 Å². The Hall–Kier alpha value is -1.97. The topological polar surface area (TPSA) is 41.9 Å². The number of hydrogen-bond donors (Lipinski definition) is 2. The minimum Gasteiger partial charge on any atom is -0.370 e. The van der Waals surface area contributed by atoms with E-state index in [0.29, 0.717) is 6.04 Å². The average molecular weight is 268 g/mol. The van der Waals surface area contributed by atoms with E-state index in [0.717, 1.165) is 31.7 Å². The highest BCUT2D eigenvalue weighted by atomic mass is 15.4. The molecular formula is C16H20N4. The molecule has 1 atom stereocenters. The first-order chi connectivity index (χ1) is 9.83. The van der Waals surface area contributed by atoms with E-state index in [4.69, 9.17) is 5.10 Å². The van der Waals surface area contributed by atoms with Gasteiger partial charge in [0.15, 0.2) is 5.82 Å². The predicted octanol–water partition coefficient (Wildman–Crippen LogP) is 2.95. The zero-order chi connectivity index (χ0) is 13.5. The molecule has 4 nitrogen and oxygen atoms in total. The molecule has 2 aliphatic heterocycles. The average Bonchev–Trinajstić information content (AvgIpc) is 2.86. The molecule has 104 valence electrons. The molecule has 2 aromatic rings. The second kappa shape index (κ2) is 4.54. The van der Waals surface area contributed by atoms with Gasteiger partial charge in [0.2, 0.25) is 0 Å². The highest BCUT2D eigenvalue weighted by Gasteiger charge is 2.28. The molecule has 0 bridgehead atoms. The number of aromatic nitrogens is 2. The monoisotopic (exact) mass is 268 g/mol. The van der Waals surface area contributed by atoms with Crippen molar-refractivity contribution in [2.75, 3.05) is 23.7 Å². The molecule has 0 aliphatic carbocycles. The summed E-state index contributed by atoms with van der Waals surface area (Å²) in [4.78, 5) is 0. The summed E-state index contributed by atoms with van der Waals surface area (Å²) in [5.74, 6) is 2.31. The van der Waals surface area contributed by atoms with E-state index < -0.39 is 0 Å². The van der Waals surface area contributed by atoms with Crippen LogP contribution in [0.2, 0.25) is 0 Å². The van der Waals surface area contributed by atoms with E-state index in [2.05, 4.69) is 46.5 Å². The number of benzene rings is 1. The molecule has 0 radical (unpaired) electrons. The number of anilines is 2. The lowest BCUT2D eigenvalue weighted by Gasteiger charge is -2.27. The van der Waals surface area contributed by atoms with Gasteiger partial charge in [-0.25, -0.2) is 4.68 Å². The van der Waals surface area contributed by atoms with Crippen LogP contribution in [0.4, 0.5) is 11.6 Å². The molecule has 4 heteroatoms. The molecule has 0 spiro atoms. The van der Waals surface area contributed by atoms with Crippen LogP contribution >= 0.6 is 0 Å². The molecule has 1 unspecified atom stereocenters. The Morgan fingerprint density at radius 1 is 1.25 bits per heavy atom. The Bertz CT molecular complexity index is 644. The Morgan fingerprint density at radius 3 is 3.10 bits per heavy atom. The first-order valence-electron chi connectivity index (χ1n) is 7.48. The van der Waals surface area contributed by atoms with Gasteiger partial charge >= 0.3 is 0 Å². The van der Waals surface area contributed by atoms with E-state index in [1.807, 2.05) is 0 Å². The van der Waals surface area contributed by atoms with Gasteiger partial charge in [-0.2, -0.15) is 5.10 Å². The second-order valence-electron chi connectivity index (χ2n) is 5.80. The summed E-state index contributed by atoms with van der Waals surface area (Å²) in [5, 5.41) is 11.8. The van der Waals surface area contributed by atoms with Crippen LogP contribution < -0.4 is 10.6 Å². The lowest BCUT2D eigenvalue weighted by Crippen LogP contribution is -2.24. The van der Waals surface area contributed by atoms with Crippen LogP contribution in [0.1, 0.15) is 35.6 Å². The second-order valence-corrected chi connectivity index (χ2v) is 5.80. The quantitative estimate of drug-likeness (QED) is 0.835. The molecule has 2 N–H and O–H groups in total. The minimum atomic E-state index is 0.360. The molecule has 0 amide bonds. The van der Waals surface area contributed by atoms with Gasteiger partial charge in [-0.1, -0.05) is 29.8 Å². The molecule has 1 aromatic heterocycles. The van der Waals surface area contributed by atoms with Crippen molar-refractivity contribution in [1.82, 2.24) is 9.78 Å². The van der Waals surface area contributed by atoms with E-state index in [9.17, 15) is 0 Å². The summed E-state index contributed by atoms with van der Waals surface area (Å²) in [5.41, 5.74) is 4.05. The number of nitrogens with zero attached hydrogens (tertiary/aromatic N) is 2. The van der Waals surface area contributed by atoms with Crippen LogP contribution in [0, 0.1) is 6.92 Å². The third kappa shape index (κ3) is 1.79. The normalized spacial score (nSPS) is 20.6. The van der Waals surface area contributed by atoms with Gasteiger partial charge in [-0.05, 0) is 31.7 Å². The molecule has 20 heavy (non-hydrogen) atoms. The first-order valence-corrected chi connectivity index (χ1v) is 7.48. The van der Waals surface area contributed by atoms with Crippen molar-refractivity contribution >= 4 is 11.6 Å². The Morgan fingerprint density at radius 2 is 2.20 bits per heavy atom. The summed E-state index contributed by atoms with van der Waals surface area (Å²) in [6.07, 6.45) is 3.42. The summed E-state index contributed by atoms with van der Waals surface area (Å²) in [7, 11) is 0. The number of nitrogens with one attached hydrogen (secondary N) is 2. The minimum absolute atomic E-state index is 0.360. The first kappa shape index (κ1) is 11.8. The number of rotatable bonds is 1. The van der Waals surface area contributed by atoms with Crippen molar-refractivity contribution in [3.05, 3.63) is 41.0 Å². The maximum atomic E-state index is 4.82. The number of aryl methyl sites for hydroxylation is 1. The molecular weight excluding hydrogens is 248 g/mol. The predicted molar refractivity (Wildman–Crippen MR) is 81.5 cm³/mol. The van der Waals surface area contributed by atoms with Crippen LogP contribution in [0.5, 0.6) is 0 Å². The summed E-state index contributed by atoms with van der Waals surface area (Å²) in [6, 6.07) is 9.17. The third-order valence-electron chi connectivity index (χ3n) is 4.34. The van der Waals surface area contributed by atoms with Crippen LogP contribution in [-0.2, 0) is 6.42 Å². The van der Waals surface area contributed by atoms with Gasteiger partial charge in [0.1, 0.15) is 5.82 Å². The van der Waals surface area contributed by atoms with Crippen LogP contribution in [-0.4, -0.2) is 22.9 Å². The maximum absolute atomic E-state index is 4.82. The van der Waals surface area contributed by atoms with Gasteiger partial charge in [0, 0.05) is 18.7 Å². The lowest BCUT2D eigenvalue weighted by atomic mass is 10.00.